The van der Waals surface area contributed by atoms with Gasteiger partial charge in [-0.05, 0) is 62.2 Å². The van der Waals surface area contributed by atoms with Gasteiger partial charge in [0.2, 0.25) is 0 Å². The van der Waals surface area contributed by atoms with Crippen LogP contribution in [0.15, 0.2) is 51.4 Å². The SMILES string of the molecule is C#CCOc1c(Cl)cc(/C=c2\sc3n(c2=O)[C@@H](c2ccc(OCC(=O)OC)c(OCC)c2)C(C(=O)OCC)=C(C)N=3)cc1Cl. The first-order valence-corrected chi connectivity index (χ1v) is 14.9. The molecule has 0 saturated heterocycles. The zero-order valence-electron chi connectivity index (χ0n) is 24.3. The number of rotatable bonds is 11. The van der Waals surface area contributed by atoms with Crippen LogP contribution >= 0.6 is 34.5 Å². The number of hydrogen-bond acceptors (Lipinski definition) is 10. The zero-order valence-corrected chi connectivity index (χ0v) is 26.6. The summed E-state index contributed by atoms with van der Waals surface area (Å²) in [5, 5.41) is 0.450. The molecule has 0 amide bonds. The molecule has 1 aromatic heterocycles. The number of carbonyl (C=O) groups is 2. The number of methoxy groups -OCH3 is 1. The number of terminal acetylenes is 1. The van der Waals surface area contributed by atoms with Crippen LogP contribution in [0.3, 0.4) is 0 Å². The van der Waals surface area contributed by atoms with E-state index in [1.807, 2.05) is 0 Å². The fraction of sp³-hybridized carbons (Fsp3) is 0.290. The lowest BCUT2D eigenvalue weighted by Gasteiger charge is -2.25. The first-order valence-electron chi connectivity index (χ1n) is 13.3. The third kappa shape index (κ3) is 6.94. The van der Waals surface area contributed by atoms with Crippen molar-refractivity contribution in [1.82, 2.24) is 4.57 Å². The van der Waals surface area contributed by atoms with E-state index in [1.165, 1.54) is 11.7 Å². The maximum absolute atomic E-state index is 14.0. The van der Waals surface area contributed by atoms with Crippen LogP contribution in [0.1, 0.15) is 37.9 Å². The molecular formula is C31H28Cl2N2O8S. The largest absolute Gasteiger partial charge is 0.490 e. The maximum Gasteiger partial charge on any atom is 0.343 e. The van der Waals surface area contributed by atoms with Crippen molar-refractivity contribution in [2.75, 3.05) is 33.5 Å². The first kappa shape index (κ1) is 32.7. The van der Waals surface area contributed by atoms with Gasteiger partial charge in [-0.1, -0.05) is 46.5 Å². The topological polar surface area (TPSA) is 115 Å². The molecule has 1 aliphatic heterocycles. The van der Waals surface area contributed by atoms with Crippen molar-refractivity contribution in [1.29, 1.82) is 0 Å². The van der Waals surface area contributed by atoms with Crippen molar-refractivity contribution < 1.29 is 33.3 Å². The summed E-state index contributed by atoms with van der Waals surface area (Å²) in [6, 6.07) is 7.24. The summed E-state index contributed by atoms with van der Waals surface area (Å²) in [6.07, 6.45) is 6.89. The lowest BCUT2D eigenvalue weighted by Crippen LogP contribution is -2.40. The van der Waals surface area contributed by atoms with Crippen molar-refractivity contribution in [2.24, 2.45) is 4.99 Å². The Morgan fingerprint density at radius 3 is 2.45 bits per heavy atom. The Labute approximate surface area is 267 Å². The Morgan fingerprint density at radius 1 is 1.09 bits per heavy atom. The molecule has 0 N–H and O–H groups in total. The first-order chi connectivity index (χ1) is 21.1. The number of benzene rings is 2. The number of carbonyl (C=O) groups excluding carboxylic acids is 2. The minimum Gasteiger partial charge on any atom is -0.490 e. The van der Waals surface area contributed by atoms with Gasteiger partial charge >= 0.3 is 11.9 Å². The summed E-state index contributed by atoms with van der Waals surface area (Å²) < 4.78 is 28.6. The van der Waals surface area contributed by atoms with Gasteiger partial charge in [0.15, 0.2) is 28.7 Å². The van der Waals surface area contributed by atoms with Crippen LogP contribution in [0.2, 0.25) is 10.0 Å². The van der Waals surface area contributed by atoms with Gasteiger partial charge in [0.25, 0.3) is 5.56 Å². The average molecular weight is 660 g/mol. The number of fused-ring (bicyclic) bond motifs is 1. The molecular weight excluding hydrogens is 631 g/mol. The Kier molecular flexibility index (Phi) is 10.8. The average Bonchev–Trinajstić information content (AvgIpc) is 3.29. The Hall–Kier alpha value is -4.24. The molecule has 0 spiro atoms. The van der Waals surface area contributed by atoms with Crippen LogP contribution in [0.5, 0.6) is 17.2 Å². The van der Waals surface area contributed by atoms with Crippen molar-refractivity contribution in [3.63, 3.8) is 0 Å². The maximum atomic E-state index is 14.0. The quantitative estimate of drug-likeness (QED) is 0.224. The minimum absolute atomic E-state index is 0.0110. The zero-order chi connectivity index (χ0) is 32.0. The molecule has 10 nitrogen and oxygen atoms in total. The second kappa shape index (κ2) is 14.5. The summed E-state index contributed by atoms with van der Waals surface area (Å²) >= 11 is 13.9. The van der Waals surface area contributed by atoms with Gasteiger partial charge in [-0.2, -0.15) is 0 Å². The molecule has 13 heteroatoms. The molecule has 1 aliphatic rings. The third-order valence-corrected chi connectivity index (χ3v) is 7.84. The van der Waals surface area contributed by atoms with E-state index in [2.05, 4.69) is 15.6 Å². The van der Waals surface area contributed by atoms with Crippen LogP contribution in [-0.2, 0) is 19.1 Å². The summed E-state index contributed by atoms with van der Waals surface area (Å²) in [4.78, 5) is 43.9. The monoisotopic (exact) mass is 658 g/mol. The molecule has 0 bridgehead atoms. The van der Waals surface area contributed by atoms with Crippen LogP contribution in [0.25, 0.3) is 6.08 Å². The molecule has 2 aromatic carbocycles. The molecule has 230 valence electrons. The van der Waals surface area contributed by atoms with E-state index >= 15 is 0 Å². The summed E-state index contributed by atoms with van der Waals surface area (Å²) in [7, 11) is 1.26. The van der Waals surface area contributed by atoms with Gasteiger partial charge in [0.05, 0.1) is 52.2 Å². The van der Waals surface area contributed by atoms with Crippen LogP contribution in [-0.4, -0.2) is 50.0 Å². The van der Waals surface area contributed by atoms with Gasteiger partial charge in [-0.3, -0.25) is 9.36 Å². The van der Waals surface area contributed by atoms with Crippen LogP contribution < -0.4 is 29.1 Å². The molecule has 0 unspecified atom stereocenters. The smallest absolute Gasteiger partial charge is 0.343 e. The minimum atomic E-state index is -0.909. The van der Waals surface area contributed by atoms with Crippen molar-refractivity contribution in [3.05, 3.63) is 82.5 Å². The molecule has 4 rings (SSSR count). The molecule has 1 atom stereocenters. The van der Waals surface area contributed by atoms with E-state index < -0.39 is 23.5 Å². The lowest BCUT2D eigenvalue weighted by atomic mass is 9.95. The van der Waals surface area contributed by atoms with Gasteiger partial charge in [0.1, 0.15) is 6.61 Å². The molecule has 0 radical (unpaired) electrons. The number of halogens is 2. The molecule has 3 aromatic rings. The van der Waals surface area contributed by atoms with Crippen molar-refractivity contribution >= 4 is 52.6 Å². The summed E-state index contributed by atoms with van der Waals surface area (Å²) in [5.74, 6) is 2.02. The summed E-state index contributed by atoms with van der Waals surface area (Å²) in [6.45, 7) is 5.24. The van der Waals surface area contributed by atoms with E-state index in [0.29, 0.717) is 31.9 Å². The predicted molar refractivity (Wildman–Crippen MR) is 166 cm³/mol. The Balaban J connectivity index is 1.88. The highest BCUT2D eigenvalue weighted by molar-refractivity contribution is 7.07. The summed E-state index contributed by atoms with van der Waals surface area (Å²) in [5.41, 5.74) is 1.26. The van der Waals surface area contributed by atoms with E-state index in [-0.39, 0.29) is 53.5 Å². The van der Waals surface area contributed by atoms with Gasteiger partial charge in [-0.15, -0.1) is 6.42 Å². The highest BCUT2D eigenvalue weighted by Gasteiger charge is 2.34. The van der Waals surface area contributed by atoms with E-state index in [1.54, 1.807) is 57.2 Å². The number of nitrogens with zero attached hydrogens (tertiary/aromatic N) is 2. The van der Waals surface area contributed by atoms with E-state index in [4.69, 9.17) is 48.6 Å². The number of aromatic nitrogens is 1. The number of thiazole rings is 1. The number of ether oxygens (including phenoxy) is 5. The standard InChI is InChI=1S/C31H28Cl2N2O8S/c1-6-11-42-28-20(32)12-18(13-21(28)33)14-24-29(37)35-27(26(30(38)41-8-3)17(4)34-31(35)44-24)19-9-10-22(23(15-19)40-7-2)43-16-25(36)39-5/h1,9-10,12-15,27H,7-8,11,16H2,2-5H3/b24-14-/t27-/m0/s1. The van der Waals surface area contributed by atoms with Crippen molar-refractivity contribution in [3.8, 4) is 29.6 Å². The molecule has 2 heterocycles. The molecule has 44 heavy (non-hydrogen) atoms. The normalized spacial score (nSPS) is 14.3. The predicted octanol–water partition coefficient (Wildman–Crippen LogP) is 4.07. The lowest BCUT2D eigenvalue weighted by molar-refractivity contribution is -0.143. The van der Waals surface area contributed by atoms with Crippen molar-refractivity contribution in [2.45, 2.75) is 26.8 Å². The van der Waals surface area contributed by atoms with Crippen LogP contribution in [0, 0.1) is 12.3 Å². The number of allylic oxidation sites excluding steroid dienone is 1. The van der Waals surface area contributed by atoms with Gasteiger partial charge < -0.3 is 23.7 Å². The second-order valence-corrected chi connectivity index (χ2v) is 10.9. The molecule has 0 fully saturated rings. The molecule has 0 aliphatic carbocycles. The highest BCUT2D eigenvalue weighted by atomic mass is 35.5. The van der Waals surface area contributed by atoms with Gasteiger partial charge in [0, 0.05) is 0 Å². The number of esters is 2. The van der Waals surface area contributed by atoms with E-state index in [9.17, 15) is 14.4 Å². The fourth-order valence-electron chi connectivity index (χ4n) is 4.45. The van der Waals surface area contributed by atoms with Gasteiger partial charge in [-0.25, -0.2) is 14.6 Å². The van der Waals surface area contributed by atoms with E-state index in [0.717, 1.165) is 11.3 Å². The second-order valence-electron chi connectivity index (χ2n) is 9.11. The Bertz CT molecular complexity index is 1830. The number of hydrogen-bond donors (Lipinski definition) is 0. The Morgan fingerprint density at radius 2 is 1.82 bits per heavy atom. The highest BCUT2D eigenvalue weighted by Crippen LogP contribution is 2.37. The third-order valence-electron chi connectivity index (χ3n) is 6.29. The molecule has 0 saturated carbocycles. The fourth-order valence-corrected chi connectivity index (χ4v) is 6.11. The van der Waals surface area contributed by atoms with Crippen LogP contribution in [0.4, 0.5) is 0 Å².